The lowest BCUT2D eigenvalue weighted by atomic mass is 10.00. The molecule has 0 heterocycles. The minimum atomic E-state index is 0.692. The van der Waals surface area contributed by atoms with E-state index in [1.54, 1.807) is 24.3 Å². The van der Waals surface area contributed by atoms with Gasteiger partial charge in [-0.05, 0) is 120 Å². The van der Waals surface area contributed by atoms with Gasteiger partial charge in [0, 0.05) is 28.8 Å². The van der Waals surface area contributed by atoms with Crippen LogP contribution in [0.4, 0.5) is 22.7 Å². The van der Waals surface area contributed by atoms with Gasteiger partial charge in [0.2, 0.25) is 0 Å². The monoisotopic (exact) mass is 580 g/mol. The van der Waals surface area contributed by atoms with Crippen LogP contribution in [0.15, 0.2) is 146 Å². The van der Waals surface area contributed by atoms with Gasteiger partial charge in [-0.2, -0.15) is 0 Å². The van der Waals surface area contributed by atoms with Crippen LogP contribution in [0.3, 0.4) is 0 Å². The zero-order valence-electron chi connectivity index (χ0n) is 24.4. The Kier molecular flexibility index (Phi) is 9.65. The summed E-state index contributed by atoms with van der Waals surface area (Å²) in [7, 11) is 0. The lowest BCUT2D eigenvalue weighted by Crippen LogP contribution is -1.92. The maximum atomic E-state index is 5.78. The molecule has 0 bridgehead atoms. The minimum Gasteiger partial charge on any atom is -0.457 e. The molecule has 6 nitrogen and oxygen atoms in total. The van der Waals surface area contributed by atoms with Crippen LogP contribution in [0.1, 0.15) is 22.3 Å². The fourth-order valence-electron chi connectivity index (χ4n) is 4.46. The third-order valence-corrected chi connectivity index (χ3v) is 6.84. The highest BCUT2D eigenvalue weighted by molar-refractivity contribution is 5.46. The summed E-state index contributed by atoms with van der Waals surface area (Å²) in [4.78, 5) is 0. The molecule has 6 rings (SSSR count). The summed E-state index contributed by atoms with van der Waals surface area (Å²) in [6.45, 7) is 0. The van der Waals surface area contributed by atoms with Crippen molar-refractivity contribution in [1.82, 2.24) is 0 Å². The normalized spacial score (nSPS) is 10.4. The topological polar surface area (TPSA) is 123 Å². The molecule has 44 heavy (non-hydrogen) atoms. The molecule has 0 aromatic heterocycles. The summed E-state index contributed by atoms with van der Waals surface area (Å²) in [6, 6.07) is 46.8. The molecule has 220 valence electrons. The van der Waals surface area contributed by atoms with Gasteiger partial charge in [-0.1, -0.05) is 54.6 Å². The predicted octanol–water partition coefficient (Wildman–Crippen LogP) is 8.47. The predicted molar refractivity (Wildman–Crippen MR) is 182 cm³/mol. The molecule has 0 aliphatic heterocycles. The molecule has 0 radical (unpaired) electrons. The number of rotatable bonds is 8. The molecule has 6 aromatic carbocycles. The molecule has 6 aromatic rings. The van der Waals surface area contributed by atoms with E-state index in [1.807, 2.05) is 72.8 Å². The lowest BCUT2D eigenvalue weighted by molar-refractivity contribution is 0.460. The molecule has 8 N–H and O–H groups in total. The molecule has 0 saturated heterocycles. The molecule has 0 unspecified atom stereocenters. The Balaban J connectivity index is 0.000000175. The molecular formula is C38H36N4O2. The van der Waals surface area contributed by atoms with E-state index in [2.05, 4.69) is 48.5 Å². The van der Waals surface area contributed by atoms with Crippen LogP contribution in [0, 0.1) is 0 Å². The van der Waals surface area contributed by atoms with Crippen LogP contribution in [-0.2, 0) is 12.8 Å². The molecule has 0 aliphatic rings. The second kappa shape index (κ2) is 14.3. The molecular weight excluding hydrogens is 544 g/mol. The Morgan fingerprint density at radius 3 is 0.909 bits per heavy atom. The van der Waals surface area contributed by atoms with Crippen molar-refractivity contribution in [3.05, 3.63) is 168 Å². The summed E-state index contributed by atoms with van der Waals surface area (Å²) >= 11 is 0. The Bertz CT molecular complexity index is 1620. The van der Waals surface area contributed by atoms with Crippen LogP contribution in [0.2, 0.25) is 0 Å². The Hall–Kier alpha value is -5.88. The molecule has 0 aliphatic carbocycles. The van der Waals surface area contributed by atoms with E-state index in [0.717, 1.165) is 35.7 Å². The quantitative estimate of drug-likeness (QED) is 0.134. The average molecular weight is 581 g/mol. The third-order valence-electron chi connectivity index (χ3n) is 6.84. The van der Waals surface area contributed by atoms with Gasteiger partial charge in [0.25, 0.3) is 0 Å². The standard InChI is InChI=1S/C20H20N2.C18H16N2O2/c21-19-9-5-17(6-10-19)13-15-1-2-16(4-3-15)14-18-7-11-20(22)12-8-18;19-13-4-8-15(9-5-13)21-17-2-1-3-18(12-17)22-16-10-6-14(20)7-11-16/h1-12H,13-14,21-22H2;1-12H,19-20H2. The first kappa shape index (κ1) is 29.6. The number of hydrogen-bond acceptors (Lipinski definition) is 6. The molecule has 0 fully saturated rings. The average Bonchev–Trinajstić information content (AvgIpc) is 3.03. The molecule has 0 atom stereocenters. The fraction of sp³-hybridized carbons (Fsp3) is 0.0526. The Morgan fingerprint density at radius 1 is 0.318 bits per heavy atom. The van der Waals surface area contributed by atoms with E-state index < -0.39 is 0 Å². The van der Waals surface area contributed by atoms with Gasteiger partial charge >= 0.3 is 0 Å². The summed E-state index contributed by atoms with van der Waals surface area (Å²) in [5.41, 5.74) is 30.9. The van der Waals surface area contributed by atoms with Gasteiger partial charge in [-0.15, -0.1) is 0 Å². The van der Waals surface area contributed by atoms with Crippen molar-refractivity contribution < 1.29 is 9.47 Å². The molecule has 0 amide bonds. The number of ether oxygens (including phenoxy) is 2. The molecule has 6 heteroatoms. The molecule has 0 spiro atoms. The first-order valence-electron chi connectivity index (χ1n) is 14.3. The van der Waals surface area contributed by atoms with Crippen molar-refractivity contribution >= 4 is 22.7 Å². The van der Waals surface area contributed by atoms with Crippen molar-refractivity contribution in [1.29, 1.82) is 0 Å². The van der Waals surface area contributed by atoms with E-state index in [4.69, 9.17) is 32.4 Å². The zero-order valence-corrected chi connectivity index (χ0v) is 24.4. The fourth-order valence-corrected chi connectivity index (χ4v) is 4.46. The summed E-state index contributed by atoms with van der Waals surface area (Å²) < 4.78 is 11.6. The van der Waals surface area contributed by atoms with Crippen LogP contribution >= 0.6 is 0 Å². The van der Waals surface area contributed by atoms with Crippen LogP contribution in [-0.4, -0.2) is 0 Å². The maximum absolute atomic E-state index is 5.78. The zero-order chi connectivity index (χ0) is 30.7. The van der Waals surface area contributed by atoms with Gasteiger partial charge in [0.1, 0.15) is 23.0 Å². The number of anilines is 4. The number of benzene rings is 6. The van der Waals surface area contributed by atoms with Crippen molar-refractivity contribution in [2.45, 2.75) is 12.8 Å². The highest BCUT2D eigenvalue weighted by Crippen LogP contribution is 2.29. The van der Waals surface area contributed by atoms with Crippen molar-refractivity contribution in [3.63, 3.8) is 0 Å². The largest absolute Gasteiger partial charge is 0.457 e. The van der Waals surface area contributed by atoms with Gasteiger partial charge in [-0.3, -0.25) is 0 Å². The number of hydrogen-bond donors (Lipinski definition) is 4. The van der Waals surface area contributed by atoms with Crippen molar-refractivity contribution in [2.75, 3.05) is 22.9 Å². The van der Waals surface area contributed by atoms with E-state index in [9.17, 15) is 0 Å². The van der Waals surface area contributed by atoms with Gasteiger partial charge in [0.05, 0.1) is 0 Å². The van der Waals surface area contributed by atoms with Crippen molar-refractivity contribution in [3.8, 4) is 23.0 Å². The van der Waals surface area contributed by atoms with Gasteiger partial charge < -0.3 is 32.4 Å². The first-order chi connectivity index (χ1) is 21.4. The SMILES string of the molecule is Nc1ccc(Cc2ccc(Cc3ccc(N)cc3)cc2)cc1.Nc1ccc(Oc2cccc(Oc3ccc(N)cc3)c2)cc1. The highest BCUT2D eigenvalue weighted by Gasteiger charge is 2.03. The van der Waals surface area contributed by atoms with Crippen molar-refractivity contribution in [2.24, 2.45) is 0 Å². The van der Waals surface area contributed by atoms with Crippen LogP contribution < -0.4 is 32.4 Å². The van der Waals surface area contributed by atoms with E-state index in [1.165, 1.54) is 22.3 Å². The Morgan fingerprint density at radius 2 is 0.591 bits per heavy atom. The van der Waals surface area contributed by atoms with Crippen LogP contribution in [0.5, 0.6) is 23.0 Å². The number of nitrogens with two attached hydrogens (primary N) is 4. The second-order valence-corrected chi connectivity index (χ2v) is 10.5. The minimum absolute atomic E-state index is 0.692. The van der Waals surface area contributed by atoms with Gasteiger partial charge in [0.15, 0.2) is 0 Å². The lowest BCUT2D eigenvalue weighted by Gasteiger charge is -2.09. The van der Waals surface area contributed by atoms with Gasteiger partial charge in [-0.25, -0.2) is 0 Å². The number of nitrogen functional groups attached to an aromatic ring is 4. The summed E-state index contributed by atoms with van der Waals surface area (Å²) in [5.74, 6) is 2.83. The van der Waals surface area contributed by atoms with E-state index >= 15 is 0 Å². The highest BCUT2D eigenvalue weighted by atomic mass is 16.5. The Labute approximate surface area is 258 Å². The van der Waals surface area contributed by atoms with E-state index in [-0.39, 0.29) is 0 Å². The third kappa shape index (κ3) is 9.06. The first-order valence-corrected chi connectivity index (χ1v) is 14.3. The summed E-state index contributed by atoms with van der Waals surface area (Å²) in [5, 5.41) is 0. The smallest absolute Gasteiger partial charge is 0.131 e. The summed E-state index contributed by atoms with van der Waals surface area (Å²) in [6.07, 6.45) is 1.87. The van der Waals surface area contributed by atoms with E-state index in [0.29, 0.717) is 22.9 Å². The van der Waals surface area contributed by atoms with Crippen LogP contribution in [0.25, 0.3) is 0 Å². The maximum Gasteiger partial charge on any atom is 0.131 e. The second-order valence-electron chi connectivity index (χ2n) is 10.5. The molecule has 0 saturated carbocycles.